The van der Waals surface area contributed by atoms with Crippen molar-refractivity contribution in [3.8, 4) is 0 Å². The Bertz CT molecular complexity index is 392. The minimum Gasteiger partial charge on any atom is -0.388 e. The molecule has 0 bridgehead atoms. The fourth-order valence-corrected chi connectivity index (χ4v) is 2.76. The molecule has 1 aromatic rings. The topological polar surface area (TPSA) is 20.2 Å². The van der Waals surface area contributed by atoms with E-state index < -0.39 is 17.7 Å². The lowest BCUT2D eigenvalue weighted by Crippen LogP contribution is -2.21. The zero-order valence-electron chi connectivity index (χ0n) is 10.00. The van der Waals surface area contributed by atoms with Gasteiger partial charge >= 0.3 is 0 Å². The summed E-state index contributed by atoms with van der Waals surface area (Å²) in [6.07, 6.45) is 3.28. The molecule has 0 saturated heterocycles. The van der Waals surface area contributed by atoms with Crippen LogP contribution >= 0.6 is 0 Å². The van der Waals surface area contributed by atoms with E-state index in [1.165, 1.54) is 18.6 Å². The Balaban J connectivity index is 2.15. The van der Waals surface area contributed by atoms with Gasteiger partial charge < -0.3 is 5.11 Å². The second-order valence-corrected chi connectivity index (χ2v) is 5.14. The van der Waals surface area contributed by atoms with Gasteiger partial charge in [-0.3, -0.25) is 0 Å². The van der Waals surface area contributed by atoms with Crippen molar-refractivity contribution < 1.29 is 13.9 Å². The Morgan fingerprint density at radius 2 is 2.06 bits per heavy atom. The Morgan fingerprint density at radius 3 is 2.71 bits per heavy atom. The van der Waals surface area contributed by atoms with Crippen LogP contribution in [0.15, 0.2) is 18.2 Å². The first-order chi connectivity index (χ1) is 8.08. The highest BCUT2D eigenvalue weighted by Gasteiger charge is 2.27. The molecule has 3 heteroatoms. The van der Waals surface area contributed by atoms with Crippen molar-refractivity contribution in [3.05, 3.63) is 35.4 Å². The Morgan fingerprint density at radius 1 is 1.29 bits per heavy atom. The first-order valence-electron chi connectivity index (χ1n) is 6.21. The molecule has 1 aliphatic carbocycles. The maximum Gasteiger partial charge on any atom is 0.131 e. The summed E-state index contributed by atoms with van der Waals surface area (Å²) in [5.74, 6) is -0.572. The Hall–Kier alpha value is -0.960. The first-order valence-corrected chi connectivity index (χ1v) is 6.21. The summed E-state index contributed by atoms with van der Waals surface area (Å²) in [6.45, 7) is 2.15. The lowest BCUT2D eigenvalue weighted by Gasteiger charge is -2.30. The molecule has 0 aliphatic heterocycles. The molecule has 0 aromatic heterocycles. The van der Waals surface area contributed by atoms with Crippen molar-refractivity contribution in [2.75, 3.05) is 0 Å². The lowest BCUT2D eigenvalue weighted by molar-refractivity contribution is 0.0684. The van der Waals surface area contributed by atoms with Gasteiger partial charge in [0.2, 0.25) is 0 Å². The quantitative estimate of drug-likeness (QED) is 0.833. The SMILES string of the molecule is CC1CCCC(C(O)c2ccc(F)cc2F)C1. The van der Waals surface area contributed by atoms with E-state index in [0.29, 0.717) is 5.92 Å². The average Bonchev–Trinajstić information content (AvgIpc) is 2.28. The van der Waals surface area contributed by atoms with E-state index in [1.807, 2.05) is 0 Å². The van der Waals surface area contributed by atoms with E-state index >= 15 is 0 Å². The third-order valence-corrected chi connectivity index (χ3v) is 3.70. The lowest BCUT2D eigenvalue weighted by atomic mass is 9.78. The van der Waals surface area contributed by atoms with Crippen LogP contribution in [0.1, 0.15) is 44.3 Å². The third kappa shape index (κ3) is 2.83. The van der Waals surface area contributed by atoms with Crippen LogP contribution in [0, 0.1) is 23.5 Å². The summed E-state index contributed by atoms with van der Waals surface area (Å²) in [7, 11) is 0. The molecule has 0 heterocycles. The second kappa shape index (κ2) is 5.13. The highest BCUT2D eigenvalue weighted by Crippen LogP contribution is 2.37. The predicted octanol–water partition coefficient (Wildman–Crippen LogP) is 3.82. The Labute approximate surface area is 100 Å². The molecule has 2 rings (SSSR count). The molecule has 1 fully saturated rings. The molecule has 3 unspecified atom stereocenters. The van der Waals surface area contributed by atoms with Gasteiger partial charge in [-0.2, -0.15) is 0 Å². The summed E-state index contributed by atoms with van der Waals surface area (Å²) >= 11 is 0. The van der Waals surface area contributed by atoms with E-state index in [9.17, 15) is 13.9 Å². The number of halogens is 2. The van der Waals surface area contributed by atoms with Crippen LogP contribution in [0.2, 0.25) is 0 Å². The molecule has 1 nitrogen and oxygen atoms in total. The molecule has 94 valence electrons. The molecule has 1 N–H and O–H groups in total. The number of benzene rings is 1. The van der Waals surface area contributed by atoms with Gasteiger partial charge in [-0.1, -0.05) is 25.8 Å². The number of rotatable bonds is 2. The molecule has 0 spiro atoms. The van der Waals surface area contributed by atoms with E-state index in [4.69, 9.17) is 0 Å². The van der Waals surface area contributed by atoms with Gasteiger partial charge in [0.15, 0.2) is 0 Å². The van der Waals surface area contributed by atoms with Gasteiger partial charge in [-0.25, -0.2) is 8.78 Å². The zero-order valence-corrected chi connectivity index (χ0v) is 10.00. The standard InChI is InChI=1S/C14H18F2O/c1-9-3-2-4-10(7-9)14(17)12-6-5-11(15)8-13(12)16/h5-6,8-10,14,17H,2-4,7H2,1H3. The number of hydrogen-bond acceptors (Lipinski definition) is 1. The fourth-order valence-electron chi connectivity index (χ4n) is 2.76. The van der Waals surface area contributed by atoms with Crippen LogP contribution in [0.3, 0.4) is 0 Å². The summed E-state index contributed by atoms with van der Waals surface area (Å²) in [6, 6.07) is 3.40. The highest BCUT2D eigenvalue weighted by atomic mass is 19.1. The van der Waals surface area contributed by atoms with E-state index in [1.54, 1.807) is 0 Å². The van der Waals surface area contributed by atoms with Gasteiger partial charge in [0.25, 0.3) is 0 Å². The van der Waals surface area contributed by atoms with Crippen molar-refractivity contribution in [1.82, 2.24) is 0 Å². The van der Waals surface area contributed by atoms with Gasteiger partial charge in [0.05, 0.1) is 6.10 Å². The van der Waals surface area contributed by atoms with Crippen LogP contribution in [0.5, 0.6) is 0 Å². The summed E-state index contributed by atoms with van der Waals surface area (Å²) in [5, 5.41) is 10.2. The van der Waals surface area contributed by atoms with Crippen molar-refractivity contribution in [2.45, 2.75) is 38.7 Å². The molecule has 3 atom stereocenters. The van der Waals surface area contributed by atoms with E-state index in [0.717, 1.165) is 25.3 Å². The molecular formula is C14H18F2O. The van der Waals surface area contributed by atoms with Crippen LogP contribution in [-0.4, -0.2) is 5.11 Å². The average molecular weight is 240 g/mol. The zero-order chi connectivity index (χ0) is 12.4. The monoisotopic (exact) mass is 240 g/mol. The summed E-state index contributed by atoms with van der Waals surface area (Å²) in [4.78, 5) is 0. The third-order valence-electron chi connectivity index (χ3n) is 3.70. The van der Waals surface area contributed by atoms with Gasteiger partial charge in [0.1, 0.15) is 11.6 Å². The second-order valence-electron chi connectivity index (χ2n) is 5.14. The smallest absolute Gasteiger partial charge is 0.131 e. The number of hydrogen-bond donors (Lipinski definition) is 1. The minimum absolute atomic E-state index is 0.0960. The van der Waals surface area contributed by atoms with Crippen molar-refractivity contribution >= 4 is 0 Å². The van der Waals surface area contributed by atoms with E-state index in [2.05, 4.69) is 6.92 Å². The maximum absolute atomic E-state index is 13.6. The fraction of sp³-hybridized carbons (Fsp3) is 0.571. The molecule has 1 aliphatic rings. The molecule has 1 saturated carbocycles. The Kier molecular flexibility index (Phi) is 3.77. The summed E-state index contributed by atoms with van der Waals surface area (Å²) < 4.78 is 26.3. The minimum atomic E-state index is -0.807. The molecule has 17 heavy (non-hydrogen) atoms. The number of aliphatic hydroxyl groups is 1. The van der Waals surface area contributed by atoms with Gasteiger partial charge in [-0.15, -0.1) is 0 Å². The van der Waals surface area contributed by atoms with E-state index in [-0.39, 0.29) is 11.5 Å². The summed E-state index contributed by atoms with van der Waals surface area (Å²) in [5.41, 5.74) is 0.227. The molecule has 0 amide bonds. The van der Waals surface area contributed by atoms with Crippen LogP contribution in [0.4, 0.5) is 8.78 Å². The molecule has 1 aromatic carbocycles. The van der Waals surface area contributed by atoms with Crippen molar-refractivity contribution in [1.29, 1.82) is 0 Å². The van der Waals surface area contributed by atoms with Crippen molar-refractivity contribution in [3.63, 3.8) is 0 Å². The molecular weight excluding hydrogens is 222 g/mol. The van der Waals surface area contributed by atoms with Crippen LogP contribution < -0.4 is 0 Å². The largest absolute Gasteiger partial charge is 0.388 e. The van der Waals surface area contributed by atoms with Crippen LogP contribution in [0.25, 0.3) is 0 Å². The normalized spacial score (nSPS) is 26.8. The predicted molar refractivity (Wildman–Crippen MR) is 62.4 cm³/mol. The molecule has 0 radical (unpaired) electrons. The van der Waals surface area contributed by atoms with Gasteiger partial charge in [-0.05, 0) is 30.7 Å². The maximum atomic E-state index is 13.6. The van der Waals surface area contributed by atoms with Crippen molar-refractivity contribution in [2.24, 2.45) is 11.8 Å². The van der Waals surface area contributed by atoms with Gasteiger partial charge in [0, 0.05) is 11.6 Å². The highest BCUT2D eigenvalue weighted by molar-refractivity contribution is 5.21. The first kappa shape index (κ1) is 12.5. The number of aliphatic hydroxyl groups excluding tert-OH is 1. The van der Waals surface area contributed by atoms with Crippen LogP contribution in [-0.2, 0) is 0 Å².